The predicted octanol–water partition coefficient (Wildman–Crippen LogP) is 1.07. The van der Waals surface area contributed by atoms with Gasteiger partial charge >= 0.3 is 6.03 Å². The van der Waals surface area contributed by atoms with Crippen LogP contribution < -0.4 is 10.1 Å². The highest BCUT2D eigenvalue weighted by Crippen LogP contribution is 2.25. The van der Waals surface area contributed by atoms with Crippen molar-refractivity contribution in [3.05, 3.63) is 23.8 Å². The lowest BCUT2D eigenvalue weighted by Gasteiger charge is -2.22. The van der Waals surface area contributed by atoms with Crippen molar-refractivity contribution in [3.8, 4) is 11.8 Å². The van der Waals surface area contributed by atoms with Crippen LogP contribution >= 0.6 is 0 Å². The van der Waals surface area contributed by atoms with Crippen molar-refractivity contribution in [3.63, 3.8) is 0 Å². The first-order valence-corrected chi connectivity index (χ1v) is 9.29. The summed E-state index contributed by atoms with van der Waals surface area (Å²) in [6.45, 7) is 1.43. The molecule has 0 aliphatic carbocycles. The first-order chi connectivity index (χ1) is 11.3. The summed E-state index contributed by atoms with van der Waals surface area (Å²) in [7, 11) is -1.78. The second kappa shape index (κ2) is 7.51. The lowest BCUT2D eigenvalue weighted by molar-refractivity contribution is 0.214. The summed E-state index contributed by atoms with van der Waals surface area (Å²) in [5, 5.41) is 11.7. The van der Waals surface area contributed by atoms with Crippen LogP contribution in [0.4, 0.5) is 10.5 Å². The monoisotopic (exact) mass is 352 g/mol. The number of ether oxygens (including phenoxy) is 1. The summed E-state index contributed by atoms with van der Waals surface area (Å²) in [4.78, 5) is 14.0. The van der Waals surface area contributed by atoms with Gasteiger partial charge in [0, 0.05) is 26.2 Å². The van der Waals surface area contributed by atoms with Crippen LogP contribution in [-0.4, -0.2) is 63.2 Å². The molecule has 0 unspecified atom stereocenters. The Balaban J connectivity index is 2.09. The number of benzene rings is 1. The molecule has 1 fully saturated rings. The molecule has 8 nitrogen and oxygen atoms in total. The Labute approximate surface area is 141 Å². The molecule has 1 heterocycles. The molecule has 1 N–H and O–H groups in total. The van der Waals surface area contributed by atoms with E-state index in [1.165, 1.54) is 23.7 Å². The van der Waals surface area contributed by atoms with E-state index in [1.807, 2.05) is 6.07 Å². The van der Waals surface area contributed by atoms with E-state index in [4.69, 9.17) is 10.00 Å². The summed E-state index contributed by atoms with van der Waals surface area (Å²) in [6.07, 6.45) is 1.73. The summed E-state index contributed by atoms with van der Waals surface area (Å²) < 4.78 is 29.8. The number of hydrogen-bond donors (Lipinski definition) is 1. The van der Waals surface area contributed by atoms with Gasteiger partial charge in [-0.1, -0.05) is 0 Å². The molecule has 2 amide bonds. The average molecular weight is 352 g/mol. The van der Waals surface area contributed by atoms with Gasteiger partial charge in [-0.05, 0) is 24.6 Å². The summed E-state index contributed by atoms with van der Waals surface area (Å²) in [6, 6.07) is 6.42. The molecule has 1 aromatic carbocycles. The Morgan fingerprint density at radius 2 is 2.04 bits per heavy atom. The van der Waals surface area contributed by atoms with Crippen molar-refractivity contribution < 1.29 is 17.9 Å². The van der Waals surface area contributed by atoms with Crippen LogP contribution in [0.2, 0.25) is 0 Å². The Bertz CT molecular complexity index is 757. The lowest BCUT2D eigenvalue weighted by atomic mass is 10.2. The van der Waals surface area contributed by atoms with Crippen LogP contribution in [0, 0.1) is 11.3 Å². The van der Waals surface area contributed by atoms with Crippen LogP contribution in [0.3, 0.4) is 0 Å². The van der Waals surface area contributed by atoms with E-state index in [-0.39, 0.29) is 12.6 Å². The number of amides is 2. The van der Waals surface area contributed by atoms with E-state index >= 15 is 0 Å². The van der Waals surface area contributed by atoms with Gasteiger partial charge in [-0.25, -0.2) is 17.5 Å². The molecular formula is C15H20N4O4S. The highest BCUT2D eigenvalue weighted by Gasteiger charge is 2.24. The number of sulfonamides is 1. The number of carbonyl (C=O) groups excluding carboxylic acids is 1. The zero-order chi connectivity index (χ0) is 17.7. The fourth-order valence-corrected chi connectivity index (χ4v) is 3.37. The van der Waals surface area contributed by atoms with E-state index in [0.29, 0.717) is 43.1 Å². The molecule has 0 spiro atoms. The van der Waals surface area contributed by atoms with E-state index in [2.05, 4.69) is 5.32 Å². The third kappa shape index (κ3) is 4.37. The van der Waals surface area contributed by atoms with Crippen molar-refractivity contribution in [2.75, 3.05) is 44.9 Å². The Hall–Kier alpha value is -2.31. The zero-order valence-corrected chi connectivity index (χ0v) is 14.5. The van der Waals surface area contributed by atoms with E-state index < -0.39 is 10.0 Å². The maximum atomic E-state index is 12.5. The number of carbonyl (C=O) groups is 1. The molecule has 0 saturated carbocycles. The predicted molar refractivity (Wildman–Crippen MR) is 89.3 cm³/mol. The SMILES string of the molecule is COc1ccc(C#N)cc1NC(=O)N1CCCN(S(C)(=O)=O)CC1. The second-order valence-electron chi connectivity index (χ2n) is 5.46. The smallest absolute Gasteiger partial charge is 0.321 e. The number of nitrogens with zero attached hydrogens (tertiary/aromatic N) is 3. The fourth-order valence-electron chi connectivity index (χ4n) is 2.50. The molecule has 0 radical (unpaired) electrons. The zero-order valence-electron chi connectivity index (χ0n) is 13.7. The molecule has 1 aliphatic heterocycles. The van der Waals surface area contributed by atoms with Crippen molar-refractivity contribution >= 4 is 21.7 Å². The van der Waals surface area contributed by atoms with Crippen molar-refractivity contribution in [2.24, 2.45) is 0 Å². The second-order valence-corrected chi connectivity index (χ2v) is 7.44. The third-order valence-electron chi connectivity index (χ3n) is 3.78. The van der Waals surface area contributed by atoms with Crippen molar-refractivity contribution in [1.82, 2.24) is 9.21 Å². The Morgan fingerprint density at radius 3 is 2.67 bits per heavy atom. The van der Waals surface area contributed by atoms with Gasteiger partial charge < -0.3 is 15.0 Å². The highest BCUT2D eigenvalue weighted by molar-refractivity contribution is 7.88. The van der Waals surface area contributed by atoms with Crippen molar-refractivity contribution in [2.45, 2.75) is 6.42 Å². The van der Waals surface area contributed by atoms with Gasteiger partial charge in [0.25, 0.3) is 0 Å². The maximum Gasteiger partial charge on any atom is 0.321 e. The van der Waals surface area contributed by atoms with Gasteiger partial charge in [0.2, 0.25) is 10.0 Å². The van der Waals surface area contributed by atoms with Gasteiger partial charge in [-0.3, -0.25) is 0 Å². The highest BCUT2D eigenvalue weighted by atomic mass is 32.2. The maximum absolute atomic E-state index is 12.5. The van der Waals surface area contributed by atoms with E-state index in [1.54, 1.807) is 17.0 Å². The number of hydrogen-bond acceptors (Lipinski definition) is 5. The largest absolute Gasteiger partial charge is 0.495 e. The van der Waals surface area contributed by atoms with Gasteiger partial charge in [-0.15, -0.1) is 0 Å². The third-order valence-corrected chi connectivity index (χ3v) is 5.08. The van der Waals surface area contributed by atoms with Gasteiger partial charge in [0.1, 0.15) is 5.75 Å². The molecular weight excluding hydrogens is 332 g/mol. The van der Waals surface area contributed by atoms with E-state index in [9.17, 15) is 13.2 Å². The first kappa shape index (κ1) is 18.0. The molecule has 0 aromatic heterocycles. The number of nitrogens with one attached hydrogen (secondary N) is 1. The quantitative estimate of drug-likeness (QED) is 0.876. The normalized spacial score (nSPS) is 16.1. The Kier molecular flexibility index (Phi) is 5.64. The molecule has 130 valence electrons. The lowest BCUT2D eigenvalue weighted by Crippen LogP contribution is -2.39. The molecule has 0 atom stereocenters. The molecule has 24 heavy (non-hydrogen) atoms. The minimum atomic E-state index is -3.26. The number of nitriles is 1. The minimum absolute atomic E-state index is 0.265. The van der Waals surface area contributed by atoms with Crippen LogP contribution in [0.25, 0.3) is 0 Å². The Morgan fingerprint density at radius 1 is 1.29 bits per heavy atom. The number of anilines is 1. The molecule has 9 heteroatoms. The summed E-state index contributed by atoms with van der Waals surface area (Å²) in [5.41, 5.74) is 0.816. The van der Waals surface area contributed by atoms with Gasteiger partial charge in [0.15, 0.2) is 0 Å². The number of urea groups is 1. The van der Waals surface area contributed by atoms with Gasteiger partial charge in [0.05, 0.1) is 30.7 Å². The van der Waals surface area contributed by atoms with Gasteiger partial charge in [-0.2, -0.15) is 5.26 Å². The molecule has 2 rings (SSSR count). The topological polar surface area (TPSA) is 103 Å². The molecule has 1 saturated heterocycles. The molecule has 1 aromatic rings. The molecule has 0 bridgehead atoms. The first-order valence-electron chi connectivity index (χ1n) is 7.44. The standard InChI is InChI=1S/C15H20N4O4S/c1-23-14-5-4-12(11-16)10-13(14)17-15(20)18-6-3-7-19(9-8-18)24(2,21)22/h4-5,10H,3,6-9H2,1-2H3,(H,17,20). The van der Waals surface area contributed by atoms with Crippen LogP contribution in [0.1, 0.15) is 12.0 Å². The van der Waals surface area contributed by atoms with Crippen molar-refractivity contribution in [1.29, 1.82) is 5.26 Å². The summed E-state index contributed by atoms with van der Waals surface area (Å²) in [5.74, 6) is 0.454. The fraction of sp³-hybridized carbons (Fsp3) is 0.467. The average Bonchev–Trinajstić information content (AvgIpc) is 2.80. The number of rotatable bonds is 3. The van der Waals surface area contributed by atoms with Crippen LogP contribution in [-0.2, 0) is 10.0 Å². The summed E-state index contributed by atoms with van der Waals surface area (Å²) >= 11 is 0. The number of methoxy groups -OCH3 is 1. The van der Waals surface area contributed by atoms with Crippen LogP contribution in [0.5, 0.6) is 5.75 Å². The molecule has 1 aliphatic rings. The van der Waals surface area contributed by atoms with E-state index in [0.717, 1.165) is 0 Å². The van der Waals surface area contributed by atoms with Crippen LogP contribution in [0.15, 0.2) is 18.2 Å². The minimum Gasteiger partial charge on any atom is -0.495 e.